The van der Waals surface area contributed by atoms with E-state index in [4.69, 9.17) is 9.52 Å². The normalized spacial score (nSPS) is 12.2. The largest absolute Gasteiger partial charge is 0.474 e. The van der Waals surface area contributed by atoms with Crippen molar-refractivity contribution in [1.29, 1.82) is 0 Å². The van der Waals surface area contributed by atoms with Crippen LogP contribution in [0.25, 0.3) is 0 Å². The SMILES string of the molecule is Cc1cc(C(C)NC(=O)C(=O)O)c(C)o1. The zero-order valence-corrected chi connectivity index (χ0v) is 8.83. The van der Waals surface area contributed by atoms with Crippen molar-refractivity contribution in [2.75, 3.05) is 0 Å². The minimum atomic E-state index is -1.49. The molecule has 1 rings (SSSR count). The van der Waals surface area contributed by atoms with Crippen molar-refractivity contribution in [3.05, 3.63) is 23.2 Å². The van der Waals surface area contributed by atoms with Crippen LogP contribution in [0.1, 0.15) is 30.0 Å². The predicted octanol–water partition coefficient (Wildman–Crippen LogP) is 1.16. The van der Waals surface area contributed by atoms with Crippen molar-refractivity contribution in [1.82, 2.24) is 5.32 Å². The number of furan rings is 1. The second-order valence-corrected chi connectivity index (χ2v) is 3.37. The maximum Gasteiger partial charge on any atom is 0.394 e. The van der Waals surface area contributed by atoms with E-state index in [1.54, 1.807) is 26.8 Å². The summed E-state index contributed by atoms with van der Waals surface area (Å²) in [4.78, 5) is 21.2. The number of nitrogens with one attached hydrogen (secondary N) is 1. The number of aryl methyl sites for hydroxylation is 2. The van der Waals surface area contributed by atoms with Gasteiger partial charge in [-0.2, -0.15) is 0 Å². The van der Waals surface area contributed by atoms with Gasteiger partial charge in [-0.25, -0.2) is 4.79 Å². The van der Waals surface area contributed by atoms with Gasteiger partial charge in [-0.15, -0.1) is 0 Å². The van der Waals surface area contributed by atoms with Crippen LogP contribution in [0.2, 0.25) is 0 Å². The third-order valence-electron chi connectivity index (χ3n) is 2.09. The van der Waals surface area contributed by atoms with Crippen LogP contribution in [0.5, 0.6) is 0 Å². The highest BCUT2D eigenvalue weighted by atomic mass is 16.4. The second kappa shape index (κ2) is 4.16. The average molecular weight is 211 g/mol. The highest BCUT2D eigenvalue weighted by Gasteiger charge is 2.18. The molecule has 82 valence electrons. The molecule has 5 nitrogen and oxygen atoms in total. The molecule has 0 saturated heterocycles. The lowest BCUT2D eigenvalue weighted by molar-refractivity contribution is -0.150. The molecule has 0 radical (unpaired) electrons. The first-order valence-electron chi connectivity index (χ1n) is 4.52. The maximum absolute atomic E-state index is 10.9. The van der Waals surface area contributed by atoms with Crippen molar-refractivity contribution in [2.45, 2.75) is 26.8 Å². The Labute approximate surface area is 87.1 Å². The van der Waals surface area contributed by atoms with Crippen LogP contribution in [0.15, 0.2) is 10.5 Å². The van der Waals surface area contributed by atoms with Gasteiger partial charge < -0.3 is 14.8 Å². The summed E-state index contributed by atoms with van der Waals surface area (Å²) in [6.45, 7) is 5.27. The molecular weight excluding hydrogens is 198 g/mol. The molecule has 1 unspecified atom stereocenters. The Kier molecular flexibility index (Phi) is 3.14. The molecule has 0 bridgehead atoms. The average Bonchev–Trinajstić information content (AvgIpc) is 2.44. The Balaban J connectivity index is 2.77. The van der Waals surface area contributed by atoms with Crippen LogP contribution in [0, 0.1) is 13.8 Å². The third-order valence-corrected chi connectivity index (χ3v) is 2.09. The first-order chi connectivity index (χ1) is 6.91. The van der Waals surface area contributed by atoms with Gasteiger partial charge in [-0.05, 0) is 26.8 Å². The van der Waals surface area contributed by atoms with Crippen LogP contribution in [0.4, 0.5) is 0 Å². The molecule has 0 spiro atoms. The van der Waals surface area contributed by atoms with Gasteiger partial charge in [0.1, 0.15) is 11.5 Å². The van der Waals surface area contributed by atoms with Crippen LogP contribution < -0.4 is 5.32 Å². The molecule has 0 saturated carbocycles. The Morgan fingerprint density at radius 2 is 2.07 bits per heavy atom. The van der Waals surface area contributed by atoms with Crippen molar-refractivity contribution in [3.8, 4) is 0 Å². The van der Waals surface area contributed by atoms with Gasteiger partial charge in [-0.3, -0.25) is 4.79 Å². The molecule has 1 heterocycles. The number of hydrogen-bond donors (Lipinski definition) is 2. The number of rotatable bonds is 2. The summed E-state index contributed by atoms with van der Waals surface area (Å²) in [6.07, 6.45) is 0. The van der Waals surface area contributed by atoms with E-state index in [-0.39, 0.29) is 6.04 Å². The maximum atomic E-state index is 10.9. The van der Waals surface area contributed by atoms with E-state index in [1.807, 2.05) is 0 Å². The fraction of sp³-hybridized carbons (Fsp3) is 0.400. The van der Waals surface area contributed by atoms with Gasteiger partial charge >= 0.3 is 11.9 Å². The Bertz CT molecular complexity index is 394. The summed E-state index contributed by atoms with van der Waals surface area (Å²) < 4.78 is 5.28. The van der Waals surface area contributed by atoms with Gasteiger partial charge in [0.05, 0.1) is 6.04 Å². The predicted molar refractivity (Wildman–Crippen MR) is 52.4 cm³/mol. The number of carboxylic acid groups (broad SMARTS) is 1. The summed E-state index contributed by atoms with van der Waals surface area (Å²) in [5, 5.41) is 10.8. The Morgan fingerprint density at radius 3 is 2.47 bits per heavy atom. The fourth-order valence-corrected chi connectivity index (χ4v) is 1.42. The lowest BCUT2D eigenvalue weighted by Crippen LogP contribution is -2.32. The van der Waals surface area contributed by atoms with E-state index >= 15 is 0 Å². The van der Waals surface area contributed by atoms with E-state index in [0.717, 1.165) is 11.3 Å². The summed E-state index contributed by atoms with van der Waals surface area (Å²) in [5.74, 6) is -1.08. The van der Waals surface area contributed by atoms with Crippen LogP contribution >= 0.6 is 0 Å². The standard InChI is InChI=1S/C10H13NO4/c1-5-4-8(7(3)15-5)6(2)11-9(12)10(13)14/h4,6H,1-3H3,(H,11,12)(H,13,14). The van der Waals surface area contributed by atoms with E-state index in [1.165, 1.54) is 0 Å². The van der Waals surface area contributed by atoms with Gasteiger partial charge in [-0.1, -0.05) is 0 Å². The van der Waals surface area contributed by atoms with Gasteiger partial charge in [0.25, 0.3) is 0 Å². The molecule has 15 heavy (non-hydrogen) atoms. The number of amides is 1. The first-order valence-corrected chi connectivity index (χ1v) is 4.52. The first kappa shape index (κ1) is 11.3. The molecule has 1 atom stereocenters. The monoisotopic (exact) mass is 211 g/mol. The van der Waals surface area contributed by atoms with E-state index < -0.39 is 11.9 Å². The third kappa shape index (κ3) is 2.59. The summed E-state index contributed by atoms with van der Waals surface area (Å²) in [7, 11) is 0. The summed E-state index contributed by atoms with van der Waals surface area (Å²) in [5.41, 5.74) is 0.794. The zero-order valence-electron chi connectivity index (χ0n) is 8.83. The molecule has 0 fully saturated rings. The summed E-state index contributed by atoms with van der Waals surface area (Å²) >= 11 is 0. The molecule has 1 aromatic rings. The fourth-order valence-electron chi connectivity index (χ4n) is 1.42. The van der Waals surface area contributed by atoms with Crippen molar-refractivity contribution < 1.29 is 19.1 Å². The Hall–Kier alpha value is -1.78. The van der Waals surface area contributed by atoms with Crippen molar-refractivity contribution in [2.24, 2.45) is 0 Å². The molecule has 0 aliphatic rings. The van der Waals surface area contributed by atoms with E-state index in [0.29, 0.717) is 5.76 Å². The van der Waals surface area contributed by atoms with Crippen LogP contribution in [0.3, 0.4) is 0 Å². The molecule has 0 aliphatic carbocycles. The zero-order chi connectivity index (χ0) is 11.6. The van der Waals surface area contributed by atoms with Crippen LogP contribution in [-0.4, -0.2) is 17.0 Å². The molecule has 5 heteroatoms. The second-order valence-electron chi connectivity index (χ2n) is 3.37. The molecule has 1 amide bonds. The van der Waals surface area contributed by atoms with Crippen LogP contribution in [-0.2, 0) is 9.59 Å². The van der Waals surface area contributed by atoms with Crippen molar-refractivity contribution >= 4 is 11.9 Å². The van der Waals surface area contributed by atoms with Gasteiger partial charge in [0, 0.05) is 5.56 Å². The highest BCUT2D eigenvalue weighted by molar-refractivity contribution is 6.31. The number of carboxylic acids is 1. The summed E-state index contributed by atoms with van der Waals surface area (Å²) in [6, 6.07) is 1.41. The van der Waals surface area contributed by atoms with Crippen molar-refractivity contribution in [3.63, 3.8) is 0 Å². The lowest BCUT2D eigenvalue weighted by Gasteiger charge is -2.10. The molecule has 0 aromatic carbocycles. The number of hydrogen-bond acceptors (Lipinski definition) is 3. The van der Waals surface area contributed by atoms with Gasteiger partial charge in [0.2, 0.25) is 0 Å². The number of carbonyl (C=O) groups is 2. The lowest BCUT2D eigenvalue weighted by atomic mass is 10.1. The van der Waals surface area contributed by atoms with E-state index in [9.17, 15) is 9.59 Å². The Morgan fingerprint density at radius 1 is 1.47 bits per heavy atom. The number of carbonyl (C=O) groups excluding carboxylic acids is 1. The molecule has 0 aliphatic heterocycles. The van der Waals surface area contributed by atoms with E-state index in [2.05, 4.69) is 5.32 Å². The minimum Gasteiger partial charge on any atom is -0.474 e. The molecular formula is C10H13NO4. The molecule has 1 aromatic heterocycles. The smallest absolute Gasteiger partial charge is 0.394 e. The quantitative estimate of drug-likeness (QED) is 0.719. The number of aliphatic carboxylic acids is 1. The highest BCUT2D eigenvalue weighted by Crippen LogP contribution is 2.20. The topological polar surface area (TPSA) is 79.5 Å². The molecule has 2 N–H and O–H groups in total. The van der Waals surface area contributed by atoms with Gasteiger partial charge in [0.15, 0.2) is 0 Å². The minimum absolute atomic E-state index is 0.369.